The van der Waals surface area contributed by atoms with Crippen LogP contribution in [-0.2, 0) is 6.42 Å². The van der Waals surface area contributed by atoms with E-state index in [4.69, 9.17) is 0 Å². The Balaban J connectivity index is 1.67. The normalized spacial score (nSPS) is 20.7. The molecule has 0 saturated carbocycles. The van der Waals surface area contributed by atoms with Crippen LogP contribution in [0.4, 0.5) is 0 Å². The van der Waals surface area contributed by atoms with Crippen LogP contribution in [0, 0.1) is 0 Å². The van der Waals surface area contributed by atoms with E-state index in [1.54, 1.807) is 11.8 Å². The fourth-order valence-electron chi connectivity index (χ4n) is 3.44. The van der Waals surface area contributed by atoms with Crippen LogP contribution < -0.4 is 10.6 Å². The molecule has 2 atom stereocenters. The van der Waals surface area contributed by atoms with Crippen molar-refractivity contribution in [3.63, 3.8) is 0 Å². The van der Waals surface area contributed by atoms with Crippen molar-refractivity contribution in [2.45, 2.75) is 31.3 Å². The molecule has 2 unspecified atom stereocenters. The fourth-order valence-corrected chi connectivity index (χ4v) is 4.72. The van der Waals surface area contributed by atoms with Crippen LogP contribution in [0.1, 0.15) is 30.4 Å². The first kappa shape index (κ1) is 20.7. The van der Waals surface area contributed by atoms with E-state index < -0.39 is 5.60 Å². The predicted molar refractivity (Wildman–Crippen MR) is 120 cm³/mol. The van der Waals surface area contributed by atoms with Gasteiger partial charge >= 0.3 is 0 Å². The van der Waals surface area contributed by atoms with Crippen LogP contribution in [0.5, 0.6) is 0 Å². The predicted octanol–water partition coefficient (Wildman–Crippen LogP) is 3.44. The van der Waals surface area contributed by atoms with E-state index in [-0.39, 0.29) is 0 Å². The molecular weight excluding hydrogens is 366 g/mol. The molecule has 3 N–H and O–H groups in total. The number of guanidine groups is 1. The quantitative estimate of drug-likeness (QED) is 0.472. The molecule has 0 aromatic heterocycles. The number of nitrogens with one attached hydrogen (secondary N) is 2. The van der Waals surface area contributed by atoms with E-state index in [1.165, 1.54) is 11.1 Å². The Hall–Kier alpha value is -1.98. The fraction of sp³-hybridized carbons (Fsp3) is 0.435. The Labute approximate surface area is 172 Å². The molecule has 5 heteroatoms. The second kappa shape index (κ2) is 10.5. The molecule has 1 saturated heterocycles. The highest BCUT2D eigenvalue weighted by atomic mass is 32.2. The van der Waals surface area contributed by atoms with Gasteiger partial charge < -0.3 is 15.7 Å². The number of thioether (sulfide) groups is 1. The molecule has 3 rings (SSSR count). The van der Waals surface area contributed by atoms with Gasteiger partial charge in [0.25, 0.3) is 0 Å². The topological polar surface area (TPSA) is 56.7 Å². The molecule has 2 aromatic carbocycles. The second-order valence-corrected chi connectivity index (χ2v) is 8.51. The molecule has 4 nitrogen and oxygen atoms in total. The summed E-state index contributed by atoms with van der Waals surface area (Å²) in [6.45, 7) is 4.10. The molecule has 0 radical (unpaired) electrons. The van der Waals surface area contributed by atoms with Gasteiger partial charge in [0.2, 0.25) is 0 Å². The van der Waals surface area contributed by atoms with Crippen LogP contribution in [0.15, 0.2) is 65.7 Å². The summed E-state index contributed by atoms with van der Waals surface area (Å²) in [7, 11) is 0. The van der Waals surface area contributed by atoms with Gasteiger partial charge in [0.15, 0.2) is 5.96 Å². The molecule has 1 aliphatic heterocycles. The maximum Gasteiger partial charge on any atom is 0.191 e. The molecule has 0 aliphatic carbocycles. The number of aliphatic imine (C=N–C) groups is 1. The summed E-state index contributed by atoms with van der Waals surface area (Å²) in [6, 6.07) is 21.2. The smallest absolute Gasteiger partial charge is 0.191 e. The van der Waals surface area contributed by atoms with E-state index in [9.17, 15) is 5.11 Å². The van der Waals surface area contributed by atoms with E-state index in [1.807, 2.05) is 0 Å². The van der Waals surface area contributed by atoms with Gasteiger partial charge in [-0.3, -0.25) is 4.99 Å². The molecule has 1 fully saturated rings. The van der Waals surface area contributed by atoms with E-state index in [2.05, 4.69) is 83.2 Å². The first-order chi connectivity index (χ1) is 13.7. The number of hydrogen-bond acceptors (Lipinski definition) is 3. The number of hydrogen-bond donors (Lipinski definition) is 3. The maximum absolute atomic E-state index is 10.6. The number of rotatable bonds is 8. The largest absolute Gasteiger partial charge is 0.387 e. The number of nitrogens with zero attached hydrogens (tertiary/aromatic N) is 1. The third-order valence-corrected chi connectivity index (χ3v) is 6.30. The second-order valence-electron chi connectivity index (χ2n) is 7.40. The van der Waals surface area contributed by atoms with Crippen molar-refractivity contribution in [2.24, 2.45) is 4.99 Å². The summed E-state index contributed by atoms with van der Waals surface area (Å²) in [6.07, 6.45) is 1.79. The monoisotopic (exact) mass is 397 g/mol. The lowest BCUT2D eigenvalue weighted by atomic mass is 9.92. The summed E-state index contributed by atoms with van der Waals surface area (Å²) >= 11 is 1.80. The third-order valence-electron chi connectivity index (χ3n) is 5.07. The van der Waals surface area contributed by atoms with Gasteiger partial charge in [-0.15, -0.1) is 0 Å². The minimum absolute atomic E-state index is 0.345. The lowest BCUT2D eigenvalue weighted by molar-refractivity contribution is 0.0778. The molecule has 150 valence electrons. The van der Waals surface area contributed by atoms with Crippen molar-refractivity contribution in [1.29, 1.82) is 0 Å². The highest BCUT2D eigenvalue weighted by Crippen LogP contribution is 2.28. The Kier molecular flexibility index (Phi) is 7.80. The van der Waals surface area contributed by atoms with Crippen molar-refractivity contribution < 1.29 is 5.11 Å². The van der Waals surface area contributed by atoms with Crippen LogP contribution in [-0.4, -0.2) is 47.8 Å². The molecule has 0 bridgehead atoms. The van der Waals surface area contributed by atoms with Gasteiger partial charge in [-0.2, -0.15) is 11.8 Å². The minimum atomic E-state index is -0.657. The summed E-state index contributed by atoms with van der Waals surface area (Å²) in [4.78, 5) is 4.67. The van der Waals surface area contributed by atoms with Crippen LogP contribution >= 0.6 is 11.8 Å². The molecule has 1 heterocycles. The van der Waals surface area contributed by atoms with Crippen LogP contribution in [0.3, 0.4) is 0 Å². The summed E-state index contributed by atoms with van der Waals surface area (Å²) in [5.74, 6) is 2.92. The Bertz CT molecular complexity index is 730. The van der Waals surface area contributed by atoms with Crippen molar-refractivity contribution >= 4 is 17.7 Å². The maximum atomic E-state index is 10.6. The Morgan fingerprint density at radius 1 is 1.11 bits per heavy atom. The number of benzene rings is 2. The molecule has 0 amide bonds. The summed E-state index contributed by atoms with van der Waals surface area (Å²) in [5.41, 5.74) is 1.99. The molecule has 28 heavy (non-hydrogen) atoms. The zero-order valence-corrected chi connectivity index (χ0v) is 17.4. The third kappa shape index (κ3) is 6.28. The first-order valence-electron chi connectivity index (χ1n) is 10.1. The van der Waals surface area contributed by atoms with Crippen LogP contribution in [0.25, 0.3) is 0 Å². The highest BCUT2D eigenvalue weighted by molar-refractivity contribution is 7.99. The Morgan fingerprint density at radius 2 is 1.82 bits per heavy atom. The zero-order chi connectivity index (χ0) is 19.7. The van der Waals surface area contributed by atoms with Crippen molar-refractivity contribution in [2.75, 3.05) is 31.1 Å². The average Bonchev–Trinajstić information content (AvgIpc) is 3.17. The summed E-state index contributed by atoms with van der Waals surface area (Å²) in [5, 5.41) is 17.4. The lowest BCUT2D eigenvalue weighted by Crippen LogP contribution is -2.41. The molecule has 2 aromatic rings. The van der Waals surface area contributed by atoms with Gasteiger partial charge in [-0.25, -0.2) is 0 Å². The van der Waals surface area contributed by atoms with Gasteiger partial charge in [0.05, 0.1) is 12.1 Å². The van der Waals surface area contributed by atoms with E-state index in [0.717, 1.165) is 43.4 Å². The van der Waals surface area contributed by atoms with Crippen LogP contribution in [0.2, 0.25) is 0 Å². The van der Waals surface area contributed by atoms with Gasteiger partial charge in [0.1, 0.15) is 0 Å². The standard InChI is InChI=1S/C23H31N3OS/c1-2-24-22(26-17-23(27)13-14-28-18-23)25-16-21(20-11-7-4-8-12-20)15-19-9-5-3-6-10-19/h3-12,21,27H,2,13-18H2,1H3,(H2,24,25,26). The minimum Gasteiger partial charge on any atom is -0.387 e. The van der Waals surface area contributed by atoms with Crippen molar-refractivity contribution in [1.82, 2.24) is 10.6 Å². The van der Waals surface area contributed by atoms with Gasteiger partial charge in [-0.1, -0.05) is 60.7 Å². The van der Waals surface area contributed by atoms with Gasteiger partial charge in [0, 0.05) is 24.8 Å². The Morgan fingerprint density at radius 3 is 2.46 bits per heavy atom. The van der Waals surface area contributed by atoms with E-state index in [0.29, 0.717) is 12.5 Å². The lowest BCUT2D eigenvalue weighted by Gasteiger charge is -2.22. The molecular formula is C23H31N3OS. The average molecular weight is 398 g/mol. The van der Waals surface area contributed by atoms with Crippen molar-refractivity contribution in [3.8, 4) is 0 Å². The van der Waals surface area contributed by atoms with E-state index >= 15 is 0 Å². The first-order valence-corrected chi connectivity index (χ1v) is 11.3. The molecule has 0 spiro atoms. The zero-order valence-electron chi connectivity index (χ0n) is 16.6. The molecule has 1 aliphatic rings. The highest BCUT2D eigenvalue weighted by Gasteiger charge is 2.31. The van der Waals surface area contributed by atoms with Crippen molar-refractivity contribution in [3.05, 3.63) is 71.8 Å². The number of aliphatic hydroxyl groups is 1. The summed E-state index contributed by atoms with van der Waals surface area (Å²) < 4.78 is 0. The SMILES string of the molecule is CCNC(=NCC1(O)CCSC1)NCC(Cc1ccccc1)c1ccccc1. The van der Waals surface area contributed by atoms with Gasteiger partial charge in [-0.05, 0) is 36.6 Å².